The Bertz CT molecular complexity index is 713. The fourth-order valence-electron chi connectivity index (χ4n) is 2.37. The van der Waals surface area contributed by atoms with Gasteiger partial charge in [-0.25, -0.2) is 12.8 Å². The minimum Gasteiger partial charge on any atom is -0.271 e. The van der Waals surface area contributed by atoms with Crippen LogP contribution in [0, 0.1) is 11.7 Å². The molecule has 120 valence electrons. The molecule has 0 saturated carbocycles. The molecule has 0 aromatic heterocycles. The summed E-state index contributed by atoms with van der Waals surface area (Å²) in [5, 5.41) is 4.12. The van der Waals surface area contributed by atoms with Gasteiger partial charge in [0.2, 0.25) is 0 Å². The Morgan fingerprint density at radius 2 is 2.09 bits per heavy atom. The highest BCUT2D eigenvalue weighted by molar-refractivity contribution is 7.88. The lowest BCUT2D eigenvalue weighted by Gasteiger charge is -2.14. The summed E-state index contributed by atoms with van der Waals surface area (Å²) >= 11 is 5.98. The molecule has 1 heterocycles. The molecule has 0 radical (unpaired) electrons. The Kier molecular flexibility index (Phi) is 4.87. The van der Waals surface area contributed by atoms with Crippen LogP contribution in [0.3, 0.4) is 0 Å². The van der Waals surface area contributed by atoms with Crippen molar-refractivity contribution in [2.75, 3.05) is 6.26 Å². The SMILES string of the molecule is CCCC1=NN(S(C)(=O)=O)C(=O)C1Cc1c(F)cccc1Cl. The zero-order valence-corrected chi connectivity index (χ0v) is 13.8. The van der Waals surface area contributed by atoms with Gasteiger partial charge >= 0.3 is 0 Å². The van der Waals surface area contributed by atoms with Crippen LogP contribution in [0.15, 0.2) is 23.3 Å². The van der Waals surface area contributed by atoms with E-state index in [0.717, 1.165) is 6.26 Å². The third-order valence-corrected chi connectivity index (χ3v) is 4.64. The van der Waals surface area contributed by atoms with Crippen molar-refractivity contribution in [3.05, 3.63) is 34.6 Å². The molecule has 8 heteroatoms. The van der Waals surface area contributed by atoms with Crippen LogP contribution in [0.1, 0.15) is 25.3 Å². The van der Waals surface area contributed by atoms with E-state index in [2.05, 4.69) is 5.10 Å². The largest absolute Gasteiger partial charge is 0.271 e. The quantitative estimate of drug-likeness (QED) is 0.823. The fraction of sp³-hybridized carbons (Fsp3) is 0.429. The van der Waals surface area contributed by atoms with Gasteiger partial charge < -0.3 is 0 Å². The van der Waals surface area contributed by atoms with E-state index in [1.165, 1.54) is 18.2 Å². The van der Waals surface area contributed by atoms with Gasteiger partial charge in [-0.3, -0.25) is 4.79 Å². The van der Waals surface area contributed by atoms with Crippen molar-refractivity contribution >= 4 is 33.2 Å². The molecule has 2 rings (SSSR count). The van der Waals surface area contributed by atoms with Gasteiger partial charge in [0.05, 0.1) is 17.9 Å². The van der Waals surface area contributed by atoms with Crippen LogP contribution >= 0.6 is 11.6 Å². The molecular formula is C14H16ClFN2O3S. The summed E-state index contributed by atoms with van der Waals surface area (Å²) in [6, 6.07) is 4.26. The van der Waals surface area contributed by atoms with Crippen LogP contribution in [-0.4, -0.2) is 30.7 Å². The molecule has 22 heavy (non-hydrogen) atoms. The van der Waals surface area contributed by atoms with Crippen molar-refractivity contribution in [2.45, 2.75) is 26.2 Å². The number of rotatable bonds is 5. The minimum absolute atomic E-state index is 0.00477. The second-order valence-corrected chi connectivity index (χ2v) is 7.36. The molecule has 0 spiro atoms. The van der Waals surface area contributed by atoms with Crippen LogP contribution in [0.25, 0.3) is 0 Å². The number of sulfonamides is 1. The topological polar surface area (TPSA) is 66.8 Å². The molecule has 1 atom stereocenters. The van der Waals surface area contributed by atoms with Crippen molar-refractivity contribution in [1.82, 2.24) is 4.41 Å². The molecule has 1 aliphatic heterocycles. The van der Waals surface area contributed by atoms with Crippen LogP contribution in [0.5, 0.6) is 0 Å². The highest BCUT2D eigenvalue weighted by Gasteiger charge is 2.40. The number of hydrazone groups is 1. The average molecular weight is 347 g/mol. The smallest absolute Gasteiger partial charge is 0.266 e. The van der Waals surface area contributed by atoms with Crippen LogP contribution in [-0.2, 0) is 21.2 Å². The van der Waals surface area contributed by atoms with Gasteiger partial charge in [-0.15, -0.1) is 4.41 Å². The fourth-order valence-corrected chi connectivity index (χ4v) is 3.31. The number of carbonyl (C=O) groups is 1. The standard InChI is InChI=1S/C14H16ClFN2O3S/c1-3-5-13-10(14(19)18(17-13)22(2,20)21)8-9-11(15)6-4-7-12(9)16/h4,6-7,10H,3,5,8H2,1-2H3. The van der Waals surface area contributed by atoms with Crippen LogP contribution in [0.4, 0.5) is 4.39 Å². The Morgan fingerprint density at radius 1 is 1.41 bits per heavy atom. The Labute approximate surface area is 133 Å². The summed E-state index contributed by atoms with van der Waals surface area (Å²) in [4.78, 5) is 12.3. The van der Waals surface area contributed by atoms with E-state index in [4.69, 9.17) is 11.6 Å². The molecule has 0 saturated heterocycles. The van der Waals surface area contributed by atoms with Crippen molar-refractivity contribution in [1.29, 1.82) is 0 Å². The molecule has 1 aliphatic rings. The van der Waals surface area contributed by atoms with Gasteiger partial charge in [0, 0.05) is 10.6 Å². The lowest BCUT2D eigenvalue weighted by molar-refractivity contribution is -0.127. The first-order valence-corrected chi connectivity index (χ1v) is 9.02. The predicted molar refractivity (Wildman–Crippen MR) is 82.6 cm³/mol. The van der Waals surface area contributed by atoms with Gasteiger partial charge in [0.15, 0.2) is 0 Å². The number of hydrogen-bond donors (Lipinski definition) is 0. The summed E-state index contributed by atoms with van der Waals surface area (Å²) in [5.41, 5.74) is 0.638. The average Bonchev–Trinajstić information content (AvgIpc) is 2.72. The van der Waals surface area contributed by atoms with Gasteiger partial charge in [-0.05, 0) is 25.0 Å². The number of carbonyl (C=O) groups excluding carboxylic acids is 1. The highest BCUT2D eigenvalue weighted by Crippen LogP contribution is 2.28. The van der Waals surface area contributed by atoms with Crippen molar-refractivity contribution in [2.24, 2.45) is 11.0 Å². The summed E-state index contributed by atoms with van der Waals surface area (Å²) in [5.74, 6) is -1.98. The van der Waals surface area contributed by atoms with Crippen molar-refractivity contribution < 1.29 is 17.6 Å². The molecular weight excluding hydrogens is 331 g/mol. The Morgan fingerprint density at radius 3 is 2.64 bits per heavy atom. The Hall–Kier alpha value is -1.47. The number of benzene rings is 1. The maximum absolute atomic E-state index is 13.9. The Balaban J connectivity index is 2.37. The summed E-state index contributed by atoms with van der Waals surface area (Å²) in [7, 11) is -3.78. The minimum atomic E-state index is -3.78. The molecule has 5 nitrogen and oxygen atoms in total. The normalized spacial score (nSPS) is 18.7. The van der Waals surface area contributed by atoms with E-state index in [0.29, 0.717) is 23.0 Å². The summed E-state index contributed by atoms with van der Waals surface area (Å²) in [6.07, 6.45) is 2.07. The zero-order chi connectivity index (χ0) is 16.5. The van der Waals surface area contributed by atoms with Gasteiger partial charge in [-0.1, -0.05) is 31.0 Å². The second-order valence-electron chi connectivity index (χ2n) is 5.14. The molecule has 1 aromatic carbocycles. The first-order chi connectivity index (χ1) is 10.3. The van der Waals surface area contributed by atoms with Gasteiger partial charge in [-0.2, -0.15) is 5.10 Å². The molecule has 1 aromatic rings. The van der Waals surface area contributed by atoms with E-state index >= 15 is 0 Å². The van der Waals surface area contributed by atoms with E-state index < -0.39 is 27.7 Å². The van der Waals surface area contributed by atoms with Crippen LogP contribution < -0.4 is 0 Å². The third kappa shape index (κ3) is 3.30. The molecule has 0 N–H and O–H groups in total. The van der Waals surface area contributed by atoms with Crippen molar-refractivity contribution in [3.8, 4) is 0 Å². The van der Waals surface area contributed by atoms with Gasteiger partial charge in [0.25, 0.3) is 15.9 Å². The first kappa shape index (κ1) is 16.9. The summed E-state index contributed by atoms with van der Waals surface area (Å²) in [6.45, 7) is 1.89. The molecule has 1 amide bonds. The summed E-state index contributed by atoms with van der Waals surface area (Å²) < 4.78 is 37.7. The van der Waals surface area contributed by atoms with E-state index in [1.54, 1.807) is 0 Å². The monoisotopic (exact) mass is 346 g/mol. The predicted octanol–water partition coefficient (Wildman–Crippen LogP) is 2.60. The lowest BCUT2D eigenvalue weighted by atomic mass is 9.92. The second kappa shape index (κ2) is 6.34. The number of halogens is 2. The molecule has 0 fully saturated rings. The zero-order valence-electron chi connectivity index (χ0n) is 12.2. The number of hydrogen-bond acceptors (Lipinski definition) is 4. The maximum Gasteiger partial charge on any atom is 0.266 e. The highest BCUT2D eigenvalue weighted by atomic mass is 35.5. The number of amides is 1. The number of nitrogens with zero attached hydrogens (tertiary/aromatic N) is 2. The van der Waals surface area contributed by atoms with E-state index in [-0.39, 0.29) is 17.0 Å². The first-order valence-electron chi connectivity index (χ1n) is 6.80. The van der Waals surface area contributed by atoms with Crippen molar-refractivity contribution in [3.63, 3.8) is 0 Å². The molecule has 0 bridgehead atoms. The molecule has 0 aliphatic carbocycles. The van der Waals surface area contributed by atoms with E-state index in [1.807, 2.05) is 6.92 Å². The van der Waals surface area contributed by atoms with E-state index in [9.17, 15) is 17.6 Å². The molecule has 1 unspecified atom stereocenters. The maximum atomic E-state index is 13.9. The van der Waals surface area contributed by atoms with Crippen LogP contribution in [0.2, 0.25) is 5.02 Å². The third-order valence-electron chi connectivity index (χ3n) is 3.40. The van der Waals surface area contributed by atoms with Gasteiger partial charge in [0.1, 0.15) is 5.82 Å². The lowest BCUT2D eigenvalue weighted by Crippen LogP contribution is -2.33.